The van der Waals surface area contributed by atoms with Crippen molar-refractivity contribution in [3.05, 3.63) is 59.4 Å². The second-order valence-electron chi connectivity index (χ2n) is 5.89. The Balaban J connectivity index is 2.16. The predicted octanol–water partition coefficient (Wildman–Crippen LogP) is 5.29. The van der Waals surface area contributed by atoms with E-state index < -0.39 is 45.7 Å². The fourth-order valence-electron chi connectivity index (χ4n) is 2.71. The van der Waals surface area contributed by atoms with Gasteiger partial charge in [-0.15, -0.1) is 11.8 Å². The van der Waals surface area contributed by atoms with Gasteiger partial charge in [-0.2, -0.15) is 26.3 Å². The Morgan fingerprint density at radius 1 is 1.04 bits per heavy atom. The normalized spacial score (nSPS) is 21.0. The van der Waals surface area contributed by atoms with E-state index >= 15 is 0 Å². The molecule has 1 fully saturated rings. The average molecular weight is 406 g/mol. The number of hydrogen-bond acceptors (Lipinski definition) is 3. The van der Waals surface area contributed by atoms with Crippen LogP contribution in [0.25, 0.3) is 0 Å². The number of alkyl halides is 6. The van der Waals surface area contributed by atoms with Crippen molar-refractivity contribution >= 4 is 23.4 Å². The zero-order valence-corrected chi connectivity index (χ0v) is 14.5. The molecule has 3 rings (SSSR count). The lowest BCUT2D eigenvalue weighted by molar-refractivity contribution is -0.143. The van der Waals surface area contributed by atoms with Crippen molar-refractivity contribution < 1.29 is 31.1 Å². The molecule has 1 aliphatic rings. The van der Waals surface area contributed by atoms with Gasteiger partial charge in [-0.1, -0.05) is 6.07 Å². The number of thioether (sulfide) groups is 1. The highest BCUT2D eigenvalue weighted by Gasteiger charge is 2.43. The van der Waals surface area contributed by atoms with Crippen molar-refractivity contribution in [1.29, 1.82) is 0 Å². The SMILES string of the molecule is C[C@H]1S[C@H](c2cccnc2)N(c2cc(C(F)(F)F)cc(C(F)(F)F)c2)C1=O. The molecule has 0 N–H and O–H groups in total. The van der Waals surface area contributed by atoms with Crippen molar-refractivity contribution in [1.82, 2.24) is 4.98 Å². The second-order valence-corrected chi connectivity index (χ2v) is 7.32. The smallest absolute Gasteiger partial charge is 0.295 e. The number of carbonyl (C=O) groups excluding carboxylic acids is 1. The predicted molar refractivity (Wildman–Crippen MR) is 88.0 cm³/mol. The third-order valence-electron chi connectivity index (χ3n) is 3.97. The number of benzene rings is 1. The first kappa shape index (κ1) is 19.5. The van der Waals surface area contributed by atoms with Crippen LogP contribution in [-0.4, -0.2) is 16.1 Å². The maximum Gasteiger partial charge on any atom is 0.416 e. The van der Waals surface area contributed by atoms with Gasteiger partial charge in [0.1, 0.15) is 5.37 Å². The molecule has 27 heavy (non-hydrogen) atoms. The fraction of sp³-hybridized carbons (Fsp3) is 0.294. The summed E-state index contributed by atoms with van der Waals surface area (Å²) in [6.45, 7) is 1.55. The van der Waals surface area contributed by atoms with Gasteiger partial charge in [-0.05, 0) is 31.2 Å². The summed E-state index contributed by atoms with van der Waals surface area (Å²) < 4.78 is 78.8. The number of halogens is 6. The van der Waals surface area contributed by atoms with Crippen LogP contribution in [0.3, 0.4) is 0 Å². The number of rotatable bonds is 2. The Bertz CT molecular complexity index is 820. The monoisotopic (exact) mass is 406 g/mol. The van der Waals surface area contributed by atoms with E-state index in [0.29, 0.717) is 17.7 Å². The van der Waals surface area contributed by atoms with E-state index in [2.05, 4.69) is 4.98 Å². The van der Waals surface area contributed by atoms with Crippen LogP contribution in [0, 0.1) is 0 Å². The first-order chi connectivity index (χ1) is 12.5. The molecular formula is C17H12F6N2OS. The number of carbonyl (C=O) groups is 1. The molecule has 1 saturated heterocycles. The Morgan fingerprint density at radius 2 is 1.63 bits per heavy atom. The fourth-order valence-corrected chi connectivity index (χ4v) is 3.97. The minimum Gasteiger partial charge on any atom is -0.295 e. The summed E-state index contributed by atoms with van der Waals surface area (Å²) in [6, 6.07) is 4.36. The van der Waals surface area contributed by atoms with Crippen LogP contribution in [0.4, 0.5) is 32.0 Å². The summed E-state index contributed by atoms with van der Waals surface area (Å²) >= 11 is 1.13. The summed E-state index contributed by atoms with van der Waals surface area (Å²) in [5.74, 6) is -0.568. The van der Waals surface area contributed by atoms with Gasteiger partial charge in [0.25, 0.3) is 0 Å². The van der Waals surface area contributed by atoms with E-state index in [-0.39, 0.29) is 6.07 Å². The van der Waals surface area contributed by atoms with Crippen LogP contribution in [0.5, 0.6) is 0 Å². The summed E-state index contributed by atoms with van der Waals surface area (Å²) in [6.07, 6.45) is -7.07. The molecular weight excluding hydrogens is 394 g/mol. The van der Waals surface area contributed by atoms with E-state index in [9.17, 15) is 31.1 Å². The number of nitrogens with zero attached hydrogens (tertiary/aromatic N) is 2. The van der Waals surface area contributed by atoms with E-state index in [4.69, 9.17) is 0 Å². The van der Waals surface area contributed by atoms with E-state index in [1.165, 1.54) is 12.4 Å². The van der Waals surface area contributed by atoms with Gasteiger partial charge in [0, 0.05) is 23.6 Å². The quantitative estimate of drug-likeness (QED) is 0.636. The van der Waals surface area contributed by atoms with E-state index in [1.807, 2.05) is 0 Å². The number of pyridine rings is 1. The van der Waals surface area contributed by atoms with Gasteiger partial charge >= 0.3 is 12.4 Å². The lowest BCUT2D eigenvalue weighted by atomic mass is 10.1. The first-order valence-corrected chi connectivity index (χ1v) is 8.60. The molecule has 10 heteroatoms. The topological polar surface area (TPSA) is 33.2 Å². The lowest BCUT2D eigenvalue weighted by Crippen LogP contribution is -2.30. The molecule has 1 aliphatic heterocycles. The largest absolute Gasteiger partial charge is 0.416 e. The molecule has 0 bridgehead atoms. The molecule has 2 aromatic rings. The molecule has 1 aromatic heterocycles. The second kappa shape index (κ2) is 6.74. The number of aromatic nitrogens is 1. The molecule has 2 heterocycles. The molecule has 0 aliphatic carbocycles. The molecule has 2 atom stereocenters. The Kier molecular flexibility index (Phi) is 4.87. The van der Waals surface area contributed by atoms with Gasteiger partial charge in [0.2, 0.25) is 5.91 Å². The lowest BCUT2D eigenvalue weighted by Gasteiger charge is -2.26. The van der Waals surface area contributed by atoms with Gasteiger partial charge < -0.3 is 0 Å². The van der Waals surface area contributed by atoms with Gasteiger partial charge in [-0.3, -0.25) is 14.7 Å². The van der Waals surface area contributed by atoms with Gasteiger partial charge in [-0.25, -0.2) is 0 Å². The molecule has 0 radical (unpaired) electrons. The molecule has 3 nitrogen and oxygen atoms in total. The van der Waals surface area contributed by atoms with E-state index in [0.717, 1.165) is 16.7 Å². The minimum atomic E-state index is -4.98. The van der Waals surface area contributed by atoms with Crippen LogP contribution in [0.2, 0.25) is 0 Å². The maximum absolute atomic E-state index is 13.1. The summed E-state index contributed by atoms with van der Waals surface area (Å²) in [5, 5.41) is -1.40. The third kappa shape index (κ3) is 3.90. The van der Waals surface area contributed by atoms with Crippen molar-refractivity contribution in [3.63, 3.8) is 0 Å². The molecule has 0 saturated carbocycles. The molecule has 1 amide bonds. The van der Waals surface area contributed by atoms with Crippen molar-refractivity contribution in [2.45, 2.75) is 29.9 Å². The standard InChI is InChI=1S/C17H12F6N2OS/c1-9-14(26)25(15(27-9)10-3-2-4-24-8-10)13-6-11(16(18,19)20)5-12(7-13)17(21,22)23/h2-9,15H,1H3/t9-,15-/m1/s1. The first-order valence-electron chi connectivity index (χ1n) is 7.66. The number of amides is 1. The highest BCUT2D eigenvalue weighted by molar-refractivity contribution is 8.01. The highest BCUT2D eigenvalue weighted by Crippen LogP contribution is 2.47. The van der Waals surface area contributed by atoms with Crippen molar-refractivity contribution in [2.75, 3.05) is 4.90 Å². The van der Waals surface area contributed by atoms with Crippen molar-refractivity contribution in [3.8, 4) is 0 Å². The van der Waals surface area contributed by atoms with Crippen LogP contribution in [0.15, 0.2) is 42.7 Å². The Hall–Kier alpha value is -2.23. The zero-order chi connectivity index (χ0) is 20.0. The Labute approximate surface area is 154 Å². The number of hydrogen-bond donors (Lipinski definition) is 0. The molecule has 144 valence electrons. The number of anilines is 1. The minimum absolute atomic E-state index is 0.0414. The third-order valence-corrected chi connectivity index (χ3v) is 5.32. The summed E-state index contributed by atoms with van der Waals surface area (Å²) in [5.41, 5.74) is -2.87. The molecule has 0 unspecified atom stereocenters. The zero-order valence-electron chi connectivity index (χ0n) is 13.7. The van der Waals surface area contributed by atoms with Crippen molar-refractivity contribution in [2.24, 2.45) is 0 Å². The maximum atomic E-state index is 13.1. The van der Waals surface area contributed by atoms with Crippen LogP contribution < -0.4 is 4.90 Å². The van der Waals surface area contributed by atoms with Gasteiger partial charge in [0.05, 0.1) is 16.4 Å². The van der Waals surface area contributed by atoms with E-state index in [1.54, 1.807) is 19.1 Å². The van der Waals surface area contributed by atoms with Crippen LogP contribution in [-0.2, 0) is 17.1 Å². The Morgan fingerprint density at radius 3 is 2.11 bits per heavy atom. The van der Waals surface area contributed by atoms with Crippen LogP contribution in [0.1, 0.15) is 29.0 Å². The molecule has 0 spiro atoms. The summed E-state index contributed by atoms with van der Waals surface area (Å²) in [4.78, 5) is 17.4. The highest BCUT2D eigenvalue weighted by atomic mass is 32.2. The van der Waals surface area contributed by atoms with Gasteiger partial charge in [0.15, 0.2) is 0 Å². The summed E-state index contributed by atoms with van der Waals surface area (Å²) in [7, 11) is 0. The molecule has 1 aromatic carbocycles. The van der Waals surface area contributed by atoms with Crippen LogP contribution >= 0.6 is 11.8 Å². The average Bonchev–Trinajstić information content (AvgIpc) is 2.89.